The van der Waals surface area contributed by atoms with Crippen molar-refractivity contribution in [3.8, 4) is 17.2 Å². The molecule has 0 saturated heterocycles. The fourth-order valence-electron chi connectivity index (χ4n) is 4.28. The van der Waals surface area contributed by atoms with Crippen molar-refractivity contribution in [2.75, 3.05) is 44.0 Å². The van der Waals surface area contributed by atoms with Gasteiger partial charge in [0.1, 0.15) is 25.0 Å². The third-order valence-corrected chi connectivity index (χ3v) is 7.64. The van der Waals surface area contributed by atoms with E-state index in [-0.39, 0.29) is 37.7 Å². The summed E-state index contributed by atoms with van der Waals surface area (Å²) in [5.74, 6) is 1.23. The lowest BCUT2D eigenvalue weighted by Crippen LogP contribution is -2.48. The molecule has 214 valence electrons. The Hall–Kier alpha value is -3.47. The summed E-state index contributed by atoms with van der Waals surface area (Å²) >= 11 is 0. The Morgan fingerprint density at radius 1 is 1.08 bits per heavy atom. The number of hydrogen-bond donors (Lipinski definition) is 1. The van der Waals surface area contributed by atoms with Crippen LogP contribution in [0.3, 0.4) is 0 Å². The molecule has 39 heavy (non-hydrogen) atoms. The number of hydrogen-bond acceptors (Lipinski definition) is 7. The maximum Gasteiger partial charge on any atom is 0.242 e. The highest BCUT2D eigenvalue weighted by atomic mass is 32.2. The summed E-state index contributed by atoms with van der Waals surface area (Å²) in [6.07, 6.45) is 3.25. The molecular formula is C28H39N3O7S. The highest BCUT2D eigenvalue weighted by molar-refractivity contribution is 7.92. The van der Waals surface area contributed by atoms with E-state index in [0.29, 0.717) is 42.7 Å². The molecule has 2 aromatic carbocycles. The van der Waals surface area contributed by atoms with Crippen molar-refractivity contribution in [2.24, 2.45) is 0 Å². The first-order chi connectivity index (χ1) is 18.6. The van der Waals surface area contributed by atoms with Crippen LogP contribution in [0.2, 0.25) is 0 Å². The predicted molar refractivity (Wildman–Crippen MR) is 150 cm³/mol. The molecule has 1 aliphatic heterocycles. The van der Waals surface area contributed by atoms with E-state index in [9.17, 15) is 18.0 Å². The van der Waals surface area contributed by atoms with Crippen LogP contribution in [0, 0.1) is 0 Å². The van der Waals surface area contributed by atoms with Crippen LogP contribution >= 0.6 is 0 Å². The van der Waals surface area contributed by atoms with Gasteiger partial charge in [0.05, 0.1) is 19.1 Å². The molecule has 2 amide bonds. The quantitative estimate of drug-likeness (QED) is 0.352. The van der Waals surface area contributed by atoms with Crippen molar-refractivity contribution in [2.45, 2.75) is 52.1 Å². The number of nitrogens with zero attached hydrogens (tertiary/aromatic N) is 2. The second-order valence-corrected chi connectivity index (χ2v) is 11.4. The zero-order chi connectivity index (χ0) is 28.4. The van der Waals surface area contributed by atoms with Crippen molar-refractivity contribution >= 4 is 27.5 Å². The number of ether oxygens (including phenoxy) is 3. The first kappa shape index (κ1) is 30.1. The van der Waals surface area contributed by atoms with E-state index < -0.39 is 16.1 Å². The highest BCUT2D eigenvalue weighted by Crippen LogP contribution is 2.34. The maximum atomic E-state index is 13.4. The first-order valence-electron chi connectivity index (χ1n) is 13.2. The molecule has 0 unspecified atom stereocenters. The molecule has 11 heteroatoms. The van der Waals surface area contributed by atoms with E-state index >= 15 is 0 Å². The van der Waals surface area contributed by atoms with Gasteiger partial charge >= 0.3 is 0 Å². The summed E-state index contributed by atoms with van der Waals surface area (Å²) < 4.78 is 43.0. The molecule has 1 aliphatic rings. The second-order valence-electron chi connectivity index (χ2n) is 9.46. The van der Waals surface area contributed by atoms with Gasteiger partial charge in [-0.3, -0.25) is 13.9 Å². The number of nitrogens with one attached hydrogen (secondary N) is 1. The van der Waals surface area contributed by atoms with Gasteiger partial charge < -0.3 is 24.4 Å². The minimum absolute atomic E-state index is 0.0626. The third kappa shape index (κ3) is 8.51. The zero-order valence-electron chi connectivity index (χ0n) is 23.1. The molecule has 1 N–H and O–H groups in total. The van der Waals surface area contributed by atoms with E-state index in [1.807, 2.05) is 31.2 Å². The van der Waals surface area contributed by atoms with Gasteiger partial charge in [-0.15, -0.1) is 0 Å². The van der Waals surface area contributed by atoms with Crippen LogP contribution in [-0.4, -0.2) is 70.8 Å². The number of benzene rings is 2. The minimum atomic E-state index is -3.63. The van der Waals surface area contributed by atoms with Crippen molar-refractivity contribution in [1.29, 1.82) is 0 Å². The number of anilines is 1. The second kappa shape index (κ2) is 14.1. The summed E-state index contributed by atoms with van der Waals surface area (Å²) in [7, 11) is -2.06. The van der Waals surface area contributed by atoms with E-state index in [0.717, 1.165) is 24.7 Å². The SMILES string of the molecule is CCCCNC(=O)[C@@H](C)N(Cc1cccc(OC)c1)C(=O)CCCN(c1ccc2c(c1)OCCO2)S(C)(=O)=O. The largest absolute Gasteiger partial charge is 0.497 e. The fourth-order valence-corrected chi connectivity index (χ4v) is 5.23. The van der Waals surface area contributed by atoms with Crippen molar-refractivity contribution < 1.29 is 32.2 Å². The van der Waals surface area contributed by atoms with Gasteiger partial charge in [0.25, 0.3) is 0 Å². The number of sulfonamides is 1. The minimum Gasteiger partial charge on any atom is -0.497 e. The smallest absolute Gasteiger partial charge is 0.242 e. The van der Waals surface area contributed by atoms with Crippen LogP contribution in [0.1, 0.15) is 45.1 Å². The zero-order valence-corrected chi connectivity index (χ0v) is 24.0. The van der Waals surface area contributed by atoms with E-state index in [4.69, 9.17) is 14.2 Å². The van der Waals surface area contributed by atoms with Crippen LogP contribution in [0.5, 0.6) is 17.2 Å². The standard InChI is InChI=1S/C28H39N3O7S/c1-5-6-14-29-28(33)21(2)30(20-22-9-7-10-24(18-22)36-3)27(32)11-8-15-31(39(4,34)35)23-12-13-25-26(19-23)38-17-16-37-25/h7,9-10,12-13,18-19,21H,5-6,8,11,14-17,20H2,1-4H3,(H,29,33)/t21-/m1/s1. The van der Waals surface area contributed by atoms with Crippen molar-refractivity contribution in [3.63, 3.8) is 0 Å². The number of rotatable bonds is 14. The Bertz CT molecular complexity index is 1240. The summed E-state index contributed by atoms with van der Waals surface area (Å²) in [6, 6.07) is 11.6. The van der Waals surface area contributed by atoms with Crippen LogP contribution in [-0.2, 0) is 26.2 Å². The van der Waals surface area contributed by atoms with Gasteiger partial charge in [0.2, 0.25) is 21.8 Å². The summed E-state index contributed by atoms with van der Waals surface area (Å²) in [5, 5.41) is 2.90. The lowest BCUT2D eigenvalue weighted by Gasteiger charge is -2.29. The van der Waals surface area contributed by atoms with Gasteiger partial charge in [-0.25, -0.2) is 8.42 Å². The molecule has 0 saturated carbocycles. The topological polar surface area (TPSA) is 114 Å². The van der Waals surface area contributed by atoms with Gasteiger partial charge in [-0.2, -0.15) is 0 Å². The van der Waals surface area contributed by atoms with Crippen molar-refractivity contribution in [1.82, 2.24) is 10.2 Å². The number of carbonyl (C=O) groups is 2. The first-order valence-corrected chi connectivity index (χ1v) is 15.1. The number of carbonyl (C=O) groups excluding carboxylic acids is 2. The van der Waals surface area contributed by atoms with Crippen molar-refractivity contribution in [3.05, 3.63) is 48.0 Å². The summed E-state index contributed by atoms with van der Waals surface area (Å²) in [4.78, 5) is 27.8. The Balaban J connectivity index is 1.73. The molecule has 0 fully saturated rings. The average Bonchev–Trinajstić information content (AvgIpc) is 2.92. The average molecular weight is 562 g/mol. The normalized spacial score (nSPS) is 13.3. The Labute approximate surface area is 231 Å². The third-order valence-electron chi connectivity index (χ3n) is 6.45. The van der Waals surface area contributed by atoms with Gasteiger partial charge in [-0.05, 0) is 49.6 Å². The molecule has 0 radical (unpaired) electrons. The lowest BCUT2D eigenvalue weighted by molar-refractivity contribution is -0.140. The maximum absolute atomic E-state index is 13.4. The van der Waals surface area contributed by atoms with Gasteiger partial charge in [0, 0.05) is 32.1 Å². The molecule has 2 aromatic rings. The Kier molecular flexibility index (Phi) is 10.8. The molecular weight excluding hydrogens is 522 g/mol. The van der Waals surface area contributed by atoms with Crippen LogP contribution < -0.4 is 23.8 Å². The Morgan fingerprint density at radius 3 is 2.51 bits per heavy atom. The molecule has 1 atom stereocenters. The van der Waals surface area contributed by atoms with E-state index in [1.165, 1.54) is 9.21 Å². The molecule has 0 aromatic heterocycles. The number of unbranched alkanes of at least 4 members (excludes halogenated alkanes) is 1. The predicted octanol–water partition coefficient (Wildman–Crippen LogP) is 3.35. The summed E-state index contributed by atoms with van der Waals surface area (Å²) in [6.45, 7) is 5.42. The fraction of sp³-hybridized carbons (Fsp3) is 0.500. The lowest BCUT2D eigenvalue weighted by atomic mass is 10.1. The summed E-state index contributed by atoms with van der Waals surface area (Å²) in [5.41, 5.74) is 1.26. The molecule has 3 rings (SSSR count). The highest BCUT2D eigenvalue weighted by Gasteiger charge is 2.27. The molecule has 10 nitrogen and oxygen atoms in total. The molecule has 1 heterocycles. The van der Waals surface area contributed by atoms with Gasteiger partial charge in [0.15, 0.2) is 11.5 Å². The van der Waals surface area contributed by atoms with E-state index in [2.05, 4.69) is 5.32 Å². The van der Waals surface area contributed by atoms with E-state index in [1.54, 1.807) is 32.2 Å². The van der Waals surface area contributed by atoms with Crippen LogP contribution in [0.25, 0.3) is 0 Å². The Morgan fingerprint density at radius 2 is 1.82 bits per heavy atom. The number of amides is 2. The molecule has 0 aliphatic carbocycles. The molecule has 0 bridgehead atoms. The number of methoxy groups -OCH3 is 1. The van der Waals surface area contributed by atoms with Gasteiger partial charge in [-0.1, -0.05) is 25.5 Å². The molecule has 0 spiro atoms. The van der Waals surface area contributed by atoms with Crippen LogP contribution in [0.15, 0.2) is 42.5 Å². The number of fused-ring (bicyclic) bond motifs is 1. The van der Waals surface area contributed by atoms with Crippen LogP contribution in [0.4, 0.5) is 5.69 Å². The monoisotopic (exact) mass is 561 g/mol.